The van der Waals surface area contributed by atoms with Gasteiger partial charge in [0.15, 0.2) is 5.84 Å². The normalized spacial score (nSPS) is 25.9. The molecule has 0 spiro atoms. The van der Waals surface area contributed by atoms with Crippen LogP contribution in [-0.2, 0) is 11.0 Å². The van der Waals surface area contributed by atoms with E-state index in [0.717, 1.165) is 60.0 Å². The first-order valence-electron chi connectivity index (χ1n) is 12.8. The molecule has 5 rings (SSSR count). The van der Waals surface area contributed by atoms with E-state index in [1.54, 1.807) is 6.21 Å². The second-order valence-corrected chi connectivity index (χ2v) is 11.0. The quantitative estimate of drug-likeness (QED) is 0.455. The molecule has 1 N–H and O–H groups in total. The number of hydrogen-bond acceptors (Lipinski definition) is 5. The molecule has 8 heteroatoms. The van der Waals surface area contributed by atoms with Crippen molar-refractivity contribution in [3.05, 3.63) is 83.4 Å². The van der Waals surface area contributed by atoms with E-state index in [9.17, 15) is 4.21 Å². The van der Waals surface area contributed by atoms with Crippen molar-refractivity contribution in [1.29, 1.82) is 5.41 Å². The van der Waals surface area contributed by atoms with E-state index in [4.69, 9.17) is 15.2 Å². The lowest BCUT2D eigenvalue weighted by molar-refractivity contribution is 0.309. The molecule has 1 saturated heterocycles. The van der Waals surface area contributed by atoms with E-state index in [1.807, 2.05) is 70.8 Å². The first-order chi connectivity index (χ1) is 18.0. The number of nitrogens with zero attached hydrogens (tertiary/aromatic N) is 4. The van der Waals surface area contributed by atoms with E-state index in [0.29, 0.717) is 24.1 Å². The summed E-state index contributed by atoms with van der Waals surface area (Å²) in [4.78, 5) is 4.61. The average Bonchev–Trinajstić information content (AvgIpc) is 3.59. The first-order valence-corrected chi connectivity index (χ1v) is 14.0. The zero-order valence-corrected chi connectivity index (χ0v) is 22.2. The summed E-state index contributed by atoms with van der Waals surface area (Å²) in [6.07, 6.45) is 4.36. The fourth-order valence-corrected chi connectivity index (χ4v) is 6.53. The van der Waals surface area contributed by atoms with Crippen molar-refractivity contribution in [1.82, 2.24) is 9.31 Å². The number of ether oxygens (including phenoxy) is 1. The maximum Gasteiger partial charge on any atom is 0.153 e. The number of rotatable bonds is 8. The summed E-state index contributed by atoms with van der Waals surface area (Å²) in [6, 6.07) is 17.7. The summed E-state index contributed by atoms with van der Waals surface area (Å²) in [5, 5.41) is 17.6. The number of fused-ring (bicyclic) bond motifs is 1. The summed E-state index contributed by atoms with van der Waals surface area (Å²) in [6.45, 7) is 9.26. The topological polar surface area (TPSA) is 81.3 Å². The van der Waals surface area contributed by atoms with Crippen LogP contribution >= 0.6 is 0 Å². The van der Waals surface area contributed by atoms with Gasteiger partial charge >= 0.3 is 0 Å². The Hall–Kier alpha value is -3.36. The van der Waals surface area contributed by atoms with Gasteiger partial charge in [-0.15, -0.1) is 0 Å². The van der Waals surface area contributed by atoms with Gasteiger partial charge in [-0.05, 0) is 74.4 Å². The number of allylic oxidation sites excluding steroid dienone is 1. The molecule has 0 radical (unpaired) electrons. The number of nitrogens with one attached hydrogen (secondary N) is 1. The Kier molecular flexibility index (Phi) is 7.48. The molecule has 0 aromatic heterocycles. The fourth-order valence-electron chi connectivity index (χ4n) is 5.64. The van der Waals surface area contributed by atoms with Gasteiger partial charge in [-0.2, -0.15) is 5.10 Å². The van der Waals surface area contributed by atoms with Gasteiger partial charge in [0.1, 0.15) is 28.2 Å². The van der Waals surface area contributed by atoms with Crippen molar-refractivity contribution < 1.29 is 8.95 Å². The average molecular weight is 516 g/mol. The zero-order chi connectivity index (χ0) is 25.9. The minimum Gasteiger partial charge on any atom is -0.457 e. The third-order valence-corrected chi connectivity index (χ3v) is 8.45. The zero-order valence-electron chi connectivity index (χ0n) is 21.3. The van der Waals surface area contributed by atoms with Crippen molar-refractivity contribution in [3.8, 4) is 11.5 Å². The van der Waals surface area contributed by atoms with E-state index >= 15 is 0 Å². The first kappa shape index (κ1) is 25.3. The lowest BCUT2D eigenvalue weighted by Crippen LogP contribution is -2.34. The third-order valence-electron chi connectivity index (χ3n) is 7.36. The van der Waals surface area contributed by atoms with Crippen molar-refractivity contribution in [2.45, 2.75) is 39.2 Å². The van der Waals surface area contributed by atoms with E-state index < -0.39 is 11.0 Å². The number of aliphatic imine (C=N–C) groups is 1. The predicted molar refractivity (Wildman–Crippen MR) is 150 cm³/mol. The van der Waals surface area contributed by atoms with Crippen molar-refractivity contribution in [2.75, 3.05) is 13.1 Å². The molecule has 37 heavy (non-hydrogen) atoms. The Morgan fingerprint density at radius 2 is 1.78 bits per heavy atom. The number of hydrazone groups is 1. The molecule has 192 valence electrons. The summed E-state index contributed by atoms with van der Waals surface area (Å²) in [5.41, 5.74) is 3.38. The smallest absolute Gasteiger partial charge is 0.153 e. The van der Waals surface area contributed by atoms with Gasteiger partial charge in [-0.25, -0.2) is 13.5 Å². The van der Waals surface area contributed by atoms with Crippen LogP contribution < -0.4 is 4.74 Å². The van der Waals surface area contributed by atoms with Crippen molar-refractivity contribution >= 4 is 28.7 Å². The molecule has 3 atom stereocenters. The molecular weight excluding hydrogens is 482 g/mol. The van der Waals surface area contributed by atoms with Crippen LogP contribution in [0, 0.1) is 17.2 Å². The van der Waals surface area contributed by atoms with Gasteiger partial charge in [-0.3, -0.25) is 10.4 Å². The Morgan fingerprint density at radius 1 is 1.14 bits per heavy atom. The van der Waals surface area contributed by atoms with Crippen LogP contribution in [0.5, 0.6) is 11.5 Å². The Balaban J connectivity index is 1.41. The molecule has 2 heterocycles. The van der Waals surface area contributed by atoms with Gasteiger partial charge < -0.3 is 4.74 Å². The molecule has 0 amide bonds. The highest BCUT2D eigenvalue weighted by molar-refractivity contribution is 7.85. The summed E-state index contributed by atoms with van der Waals surface area (Å²) in [5.74, 6) is 2.87. The minimum absolute atomic E-state index is 0.152. The molecule has 2 fully saturated rings. The van der Waals surface area contributed by atoms with Crippen LogP contribution in [0.3, 0.4) is 0 Å². The SMILES string of the molecule is C=CS(=O)N1CC2CC(N3N=C(c4ccc(Oc5ccccc5)cc4)/C(=C(\CC)N=CC)C3=N)CC2C1. The summed E-state index contributed by atoms with van der Waals surface area (Å²) in [7, 11) is -1.11. The highest BCUT2D eigenvalue weighted by atomic mass is 32.2. The van der Waals surface area contributed by atoms with Gasteiger partial charge in [0, 0.05) is 30.3 Å². The van der Waals surface area contributed by atoms with E-state index in [2.05, 4.69) is 18.5 Å². The molecule has 0 bridgehead atoms. The van der Waals surface area contributed by atoms with Crippen molar-refractivity contribution in [2.24, 2.45) is 21.9 Å². The minimum atomic E-state index is -1.11. The standard InChI is InChI=1S/C29H33N5O2S/c1-4-26(31-5-2)27-28(20-12-14-25(15-13-20)36-24-10-8-7-9-11-24)32-34(29(27)30)23-16-21-18-33(37(35)6-3)19-22(21)17-23/h5-15,21-23,30H,3-4,16-19H2,1-2H3/b27-26-,30-29?,31-5?. The number of para-hydroxylation sites is 1. The third kappa shape index (κ3) is 5.08. The molecule has 2 aliphatic heterocycles. The lowest BCUT2D eigenvalue weighted by Gasteiger charge is -2.24. The highest BCUT2D eigenvalue weighted by Gasteiger charge is 2.46. The maximum absolute atomic E-state index is 12.2. The van der Waals surface area contributed by atoms with Gasteiger partial charge in [-0.1, -0.05) is 31.7 Å². The summed E-state index contributed by atoms with van der Waals surface area (Å²) < 4.78 is 20.2. The van der Waals surface area contributed by atoms with Crippen LogP contribution in [0.1, 0.15) is 38.7 Å². The number of benzene rings is 2. The van der Waals surface area contributed by atoms with Crippen LogP contribution in [-0.4, -0.2) is 50.4 Å². The Labute approximate surface area is 221 Å². The van der Waals surface area contributed by atoms with Gasteiger partial charge in [0.05, 0.1) is 17.3 Å². The molecule has 1 saturated carbocycles. The number of amidine groups is 1. The van der Waals surface area contributed by atoms with Crippen LogP contribution in [0.15, 0.2) is 87.9 Å². The molecule has 2 aromatic rings. The molecule has 3 aliphatic rings. The van der Waals surface area contributed by atoms with Gasteiger partial charge in [0.2, 0.25) is 0 Å². The second kappa shape index (κ2) is 10.9. The molecule has 3 unspecified atom stereocenters. The molecule has 7 nitrogen and oxygen atoms in total. The van der Waals surface area contributed by atoms with Gasteiger partial charge in [0.25, 0.3) is 0 Å². The van der Waals surface area contributed by atoms with Crippen LogP contribution in [0.25, 0.3) is 0 Å². The largest absolute Gasteiger partial charge is 0.457 e. The van der Waals surface area contributed by atoms with Crippen molar-refractivity contribution in [3.63, 3.8) is 0 Å². The molecule has 1 aliphatic carbocycles. The monoisotopic (exact) mass is 515 g/mol. The fraction of sp³-hybridized carbons (Fsp3) is 0.345. The van der Waals surface area contributed by atoms with E-state index in [-0.39, 0.29) is 6.04 Å². The van der Waals surface area contributed by atoms with Crippen LogP contribution in [0.2, 0.25) is 0 Å². The number of hydrogen-bond donors (Lipinski definition) is 1. The second-order valence-electron chi connectivity index (χ2n) is 9.58. The Morgan fingerprint density at radius 3 is 2.38 bits per heavy atom. The maximum atomic E-state index is 12.2. The lowest BCUT2D eigenvalue weighted by atomic mass is 9.99. The highest BCUT2D eigenvalue weighted by Crippen LogP contribution is 2.43. The van der Waals surface area contributed by atoms with Crippen LogP contribution in [0.4, 0.5) is 0 Å². The molecular formula is C29H33N5O2S. The molecule has 2 aromatic carbocycles. The Bertz CT molecular complexity index is 1270. The summed E-state index contributed by atoms with van der Waals surface area (Å²) >= 11 is 0. The predicted octanol–water partition coefficient (Wildman–Crippen LogP) is 5.75. The van der Waals surface area contributed by atoms with E-state index in [1.165, 1.54) is 5.41 Å².